The predicted octanol–water partition coefficient (Wildman–Crippen LogP) is 13.1. The molecule has 0 amide bonds. The predicted molar refractivity (Wildman–Crippen MR) is 206 cm³/mol. The van der Waals surface area contributed by atoms with Crippen molar-refractivity contribution in [3.8, 4) is 22.3 Å². The zero-order chi connectivity index (χ0) is 33.0. The maximum absolute atomic E-state index is 6.36. The Kier molecular flexibility index (Phi) is 6.84. The van der Waals surface area contributed by atoms with Crippen molar-refractivity contribution >= 4 is 44.6 Å². The lowest BCUT2D eigenvalue weighted by Gasteiger charge is -2.26. The molecule has 7 aromatic carbocycles. The number of allylic oxidation sites excluding steroid dienone is 2. The molecule has 8 aromatic rings. The topological polar surface area (TPSA) is 16.4 Å². The molecule has 0 fully saturated rings. The molecular weight excluding hydrogens is 595 g/mol. The van der Waals surface area contributed by atoms with Crippen molar-refractivity contribution in [3.63, 3.8) is 0 Å². The normalized spacial score (nSPS) is 15.3. The van der Waals surface area contributed by atoms with E-state index in [4.69, 9.17) is 4.42 Å². The summed E-state index contributed by atoms with van der Waals surface area (Å²) in [5.74, 6) is 0. The summed E-state index contributed by atoms with van der Waals surface area (Å²) in [5.41, 5.74) is 15.1. The summed E-state index contributed by atoms with van der Waals surface area (Å²) in [5, 5.41) is 2.29. The van der Waals surface area contributed by atoms with E-state index in [1.165, 1.54) is 33.4 Å². The zero-order valence-electron chi connectivity index (χ0n) is 27.6. The van der Waals surface area contributed by atoms with Gasteiger partial charge in [-0.3, -0.25) is 0 Å². The second-order valence-corrected chi connectivity index (χ2v) is 13.2. The van der Waals surface area contributed by atoms with Crippen LogP contribution in [0.25, 0.3) is 49.8 Å². The number of hydrogen-bond acceptors (Lipinski definition) is 2. The van der Waals surface area contributed by atoms with Gasteiger partial charge < -0.3 is 9.32 Å². The van der Waals surface area contributed by atoms with Crippen LogP contribution in [0.3, 0.4) is 0 Å². The molecule has 0 saturated carbocycles. The van der Waals surface area contributed by atoms with E-state index in [1.54, 1.807) is 0 Å². The lowest BCUT2D eigenvalue weighted by atomic mass is 9.77. The second-order valence-electron chi connectivity index (χ2n) is 13.2. The molecule has 1 heterocycles. The van der Waals surface area contributed by atoms with Gasteiger partial charge in [0.25, 0.3) is 0 Å². The Balaban J connectivity index is 1.09. The van der Waals surface area contributed by atoms with Gasteiger partial charge in [-0.15, -0.1) is 0 Å². The fourth-order valence-corrected chi connectivity index (χ4v) is 7.84. The quantitative estimate of drug-likeness (QED) is 0.182. The Morgan fingerprint density at radius 1 is 0.490 bits per heavy atom. The number of anilines is 3. The summed E-state index contributed by atoms with van der Waals surface area (Å²) in [4.78, 5) is 2.32. The van der Waals surface area contributed by atoms with Crippen LogP contribution >= 0.6 is 0 Å². The van der Waals surface area contributed by atoms with E-state index in [9.17, 15) is 0 Å². The van der Waals surface area contributed by atoms with E-state index in [2.05, 4.69) is 183 Å². The molecule has 1 aromatic heterocycles. The largest absolute Gasteiger partial charge is 0.455 e. The van der Waals surface area contributed by atoms with E-state index < -0.39 is 0 Å². The summed E-state index contributed by atoms with van der Waals surface area (Å²) in [6, 6.07) is 60.7. The van der Waals surface area contributed by atoms with Crippen LogP contribution < -0.4 is 4.90 Å². The van der Waals surface area contributed by atoms with Crippen LogP contribution in [0.15, 0.2) is 180 Å². The van der Waals surface area contributed by atoms with Crippen molar-refractivity contribution in [3.05, 3.63) is 193 Å². The highest BCUT2D eigenvalue weighted by Gasteiger charge is 2.35. The Bertz CT molecular complexity index is 2490. The first-order valence-electron chi connectivity index (χ1n) is 16.9. The monoisotopic (exact) mass is 629 g/mol. The highest BCUT2D eigenvalue weighted by atomic mass is 16.3. The van der Waals surface area contributed by atoms with Crippen molar-refractivity contribution in [2.75, 3.05) is 4.90 Å². The summed E-state index contributed by atoms with van der Waals surface area (Å²) >= 11 is 0. The Morgan fingerprint density at radius 3 is 1.76 bits per heavy atom. The van der Waals surface area contributed by atoms with Crippen LogP contribution in [0.4, 0.5) is 17.1 Å². The van der Waals surface area contributed by atoms with E-state index in [1.807, 2.05) is 12.1 Å². The Morgan fingerprint density at radius 2 is 1.04 bits per heavy atom. The molecule has 9 rings (SSSR count). The van der Waals surface area contributed by atoms with Crippen LogP contribution in [-0.4, -0.2) is 0 Å². The molecule has 1 aliphatic rings. The average molecular weight is 630 g/mol. The summed E-state index contributed by atoms with van der Waals surface area (Å²) < 4.78 is 6.36. The number of rotatable bonds is 6. The van der Waals surface area contributed by atoms with Gasteiger partial charge in [-0.2, -0.15) is 0 Å². The van der Waals surface area contributed by atoms with Gasteiger partial charge in [0.05, 0.1) is 0 Å². The third-order valence-electron chi connectivity index (χ3n) is 10.2. The molecule has 0 bridgehead atoms. The Labute approximate surface area is 287 Å². The Hall–Kier alpha value is -6.12. The highest BCUT2D eigenvalue weighted by molar-refractivity contribution is 6.09. The van der Waals surface area contributed by atoms with E-state index in [0.29, 0.717) is 0 Å². The van der Waals surface area contributed by atoms with Gasteiger partial charge in [-0.25, -0.2) is 0 Å². The van der Waals surface area contributed by atoms with Crippen LogP contribution in [0.5, 0.6) is 0 Å². The van der Waals surface area contributed by atoms with Crippen molar-refractivity contribution in [1.82, 2.24) is 0 Å². The van der Waals surface area contributed by atoms with Gasteiger partial charge in [0.1, 0.15) is 11.2 Å². The second kappa shape index (κ2) is 11.5. The van der Waals surface area contributed by atoms with Gasteiger partial charge in [0.2, 0.25) is 0 Å². The van der Waals surface area contributed by atoms with Crippen LogP contribution in [0.2, 0.25) is 0 Å². The number of para-hydroxylation sites is 3. The van der Waals surface area contributed by atoms with E-state index in [0.717, 1.165) is 50.1 Å². The van der Waals surface area contributed by atoms with Crippen molar-refractivity contribution < 1.29 is 4.42 Å². The molecule has 2 nitrogen and oxygen atoms in total. The number of fused-ring (bicyclic) bond motifs is 4. The molecule has 1 atom stereocenters. The smallest absolute Gasteiger partial charge is 0.143 e. The first kappa shape index (κ1) is 29.1. The number of nitrogens with zero attached hydrogens (tertiary/aromatic N) is 1. The molecule has 49 heavy (non-hydrogen) atoms. The fourth-order valence-electron chi connectivity index (χ4n) is 7.84. The van der Waals surface area contributed by atoms with Crippen molar-refractivity contribution in [2.45, 2.75) is 19.3 Å². The van der Waals surface area contributed by atoms with Gasteiger partial charge in [0.15, 0.2) is 0 Å². The van der Waals surface area contributed by atoms with Gasteiger partial charge >= 0.3 is 0 Å². The van der Waals surface area contributed by atoms with Gasteiger partial charge in [0, 0.05) is 38.8 Å². The van der Waals surface area contributed by atoms with E-state index >= 15 is 0 Å². The lowest BCUT2D eigenvalue weighted by molar-refractivity contribution is 0.670. The maximum Gasteiger partial charge on any atom is 0.143 e. The number of hydrogen-bond donors (Lipinski definition) is 0. The fraction of sp³-hybridized carbons (Fsp3) is 0.0638. The minimum Gasteiger partial charge on any atom is -0.455 e. The van der Waals surface area contributed by atoms with Crippen LogP contribution in [-0.2, 0) is 5.41 Å². The van der Waals surface area contributed by atoms with Crippen LogP contribution in [0, 0.1) is 0 Å². The SMILES string of the molecule is CC1=CC(C)(c2ccccc2)c2cccc(-c3ccc(N(c4ccccc4)c4ccc(-c5cccc6c5oc5ccccc56)cc4)cc3)c21. The summed E-state index contributed by atoms with van der Waals surface area (Å²) in [6.45, 7) is 4.59. The molecule has 1 aliphatic carbocycles. The third kappa shape index (κ3) is 4.79. The number of furan rings is 1. The summed E-state index contributed by atoms with van der Waals surface area (Å²) in [6.07, 6.45) is 2.43. The molecule has 234 valence electrons. The third-order valence-corrected chi connectivity index (χ3v) is 10.2. The number of benzene rings is 7. The molecule has 0 saturated heterocycles. The standard InChI is InChI=1S/C47H35NO/c1-32-31-47(2,35-13-5-3-6-14-35)43-21-12-18-39(45(32)43)33-23-27-37(28-24-33)48(36-15-7-4-8-16-36)38-29-25-34(26-30-38)40-19-11-20-42-41-17-9-10-22-44(41)49-46(40)42/h3-31H,1-2H3. The molecule has 0 aliphatic heterocycles. The molecular formula is C47H35NO. The first-order chi connectivity index (χ1) is 24.1. The molecule has 0 spiro atoms. The van der Waals surface area contributed by atoms with Gasteiger partial charge in [-0.1, -0.05) is 133 Å². The maximum atomic E-state index is 6.36. The van der Waals surface area contributed by atoms with Crippen LogP contribution in [0.1, 0.15) is 30.5 Å². The van der Waals surface area contributed by atoms with E-state index in [-0.39, 0.29) is 5.41 Å². The van der Waals surface area contributed by atoms with Gasteiger partial charge in [-0.05, 0) is 95.3 Å². The molecule has 2 heteroatoms. The first-order valence-corrected chi connectivity index (χ1v) is 16.9. The molecule has 0 N–H and O–H groups in total. The average Bonchev–Trinajstić information content (AvgIpc) is 3.68. The minimum absolute atomic E-state index is 0.150. The minimum atomic E-state index is -0.150. The van der Waals surface area contributed by atoms with Crippen molar-refractivity contribution in [2.24, 2.45) is 0 Å². The summed E-state index contributed by atoms with van der Waals surface area (Å²) in [7, 11) is 0. The zero-order valence-corrected chi connectivity index (χ0v) is 27.6. The molecule has 1 unspecified atom stereocenters. The van der Waals surface area contributed by atoms with Crippen molar-refractivity contribution in [1.29, 1.82) is 0 Å². The molecule has 0 radical (unpaired) electrons. The lowest BCUT2D eigenvalue weighted by Crippen LogP contribution is -2.18. The highest BCUT2D eigenvalue weighted by Crippen LogP contribution is 2.48.